The Morgan fingerprint density at radius 3 is 2.77 bits per heavy atom. The van der Waals surface area contributed by atoms with E-state index in [2.05, 4.69) is 0 Å². The molecule has 30 heavy (non-hydrogen) atoms. The Morgan fingerprint density at radius 2 is 2.10 bits per heavy atom. The molecule has 4 rings (SSSR count). The fourth-order valence-corrected chi connectivity index (χ4v) is 5.87. The van der Waals surface area contributed by atoms with Gasteiger partial charge in [-0.25, -0.2) is 0 Å². The van der Waals surface area contributed by atoms with Crippen molar-refractivity contribution in [3.05, 3.63) is 24.2 Å². The second-order valence-corrected chi connectivity index (χ2v) is 9.07. The van der Waals surface area contributed by atoms with Gasteiger partial charge < -0.3 is 24.1 Å². The van der Waals surface area contributed by atoms with E-state index in [1.807, 2.05) is 21.9 Å². The van der Waals surface area contributed by atoms with E-state index in [4.69, 9.17) is 9.15 Å². The highest BCUT2D eigenvalue weighted by atomic mass is 16.5. The summed E-state index contributed by atoms with van der Waals surface area (Å²) in [6.07, 6.45) is 8.39. The van der Waals surface area contributed by atoms with E-state index in [1.165, 1.54) is 0 Å². The average Bonchev–Trinajstić information content (AvgIpc) is 3.50. The number of ether oxygens (including phenoxy) is 1. The minimum atomic E-state index is -0.908. The van der Waals surface area contributed by atoms with Crippen LogP contribution in [0.3, 0.4) is 0 Å². The molecular formula is C23H34N2O5. The van der Waals surface area contributed by atoms with Gasteiger partial charge >= 0.3 is 0 Å². The monoisotopic (exact) mass is 418 g/mol. The quantitative estimate of drug-likeness (QED) is 0.768. The van der Waals surface area contributed by atoms with E-state index in [1.54, 1.807) is 13.4 Å². The molecule has 3 fully saturated rings. The number of aliphatic hydroxyl groups is 1. The van der Waals surface area contributed by atoms with E-state index in [-0.39, 0.29) is 30.3 Å². The highest BCUT2D eigenvalue weighted by Crippen LogP contribution is 2.52. The fraction of sp³-hybridized carbons (Fsp3) is 0.739. The van der Waals surface area contributed by atoms with Gasteiger partial charge in [-0.2, -0.15) is 0 Å². The third-order valence-corrected chi connectivity index (χ3v) is 7.32. The number of methoxy groups -OCH3 is 1. The first-order chi connectivity index (χ1) is 14.6. The van der Waals surface area contributed by atoms with Crippen LogP contribution in [0.1, 0.15) is 63.2 Å². The predicted octanol–water partition coefficient (Wildman–Crippen LogP) is 2.75. The molecule has 3 heterocycles. The summed E-state index contributed by atoms with van der Waals surface area (Å²) in [6, 6.07) is 3.28. The lowest BCUT2D eigenvalue weighted by Gasteiger charge is -2.42. The molecule has 1 spiro atoms. The summed E-state index contributed by atoms with van der Waals surface area (Å²) >= 11 is 0. The number of carbonyl (C=O) groups is 2. The molecule has 3 atom stereocenters. The summed E-state index contributed by atoms with van der Waals surface area (Å²) in [5.41, 5.74) is -0.908. The third kappa shape index (κ3) is 3.66. The zero-order valence-corrected chi connectivity index (χ0v) is 17.9. The lowest BCUT2D eigenvalue weighted by Crippen LogP contribution is -2.59. The molecule has 0 bridgehead atoms. The number of hydrogen-bond donors (Lipinski definition) is 1. The molecular weight excluding hydrogens is 384 g/mol. The zero-order chi connectivity index (χ0) is 21.1. The number of hydrogen-bond acceptors (Lipinski definition) is 5. The molecule has 1 aliphatic carbocycles. The van der Waals surface area contributed by atoms with Crippen LogP contribution in [0.15, 0.2) is 22.8 Å². The molecule has 166 valence electrons. The van der Waals surface area contributed by atoms with Crippen molar-refractivity contribution < 1.29 is 23.8 Å². The first-order valence-corrected chi connectivity index (χ1v) is 11.4. The van der Waals surface area contributed by atoms with Gasteiger partial charge in [0.2, 0.25) is 11.8 Å². The first kappa shape index (κ1) is 21.4. The summed E-state index contributed by atoms with van der Waals surface area (Å²) in [5, 5.41) is 10.3. The van der Waals surface area contributed by atoms with Crippen LogP contribution in [-0.2, 0) is 14.3 Å². The highest BCUT2D eigenvalue weighted by Gasteiger charge is 2.60. The standard InChI is InChI=1S/C23H34N2O5/c1-29-14-12-24-11-5-4-10-23(22(24)28)15-18(16-26)20(19-9-6-13-30-19)25(23)21(27)17-7-2-3-8-17/h6,9,13,17-18,20,26H,2-5,7-8,10-12,14-16H2,1H3/t18-,20-,23+/m1/s1. The Kier molecular flexibility index (Phi) is 6.48. The lowest BCUT2D eigenvalue weighted by atomic mass is 9.85. The molecule has 1 saturated carbocycles. The van der Waals surface area contributed by atoms with Gasteiger partial charge in [0.15, 0.2) is 0 Å². The lowest BCUT2D eigenvalue weighted by molar-refractivity contribution is -0.156. The first-order valence-electron chi connectivity index (χ1n) is 11.4. The van der Waals surface area contributed by atoms with E-state index >= 15 is 0 Å². The van der Waals surface area contributed by atoms with Crippen molar-refractivity contribution in [1.29, 1.82) is 0 Å². The van der Waals surface area contributed by atoms with Crippen LogP contribution >= 0.6 is 0 Å². The average molecular weight is 419 g/mol. The van der Waals surface area contributed by atoms with E-state index in [0.717, 1.165) is 38.5 Å². The maximum absolute atomic E-state index is 13.9. The minimum absolute atomic E-state index is 0.0101. The fourth-order valence-electron chi connectivity index (χ4n) is 5.87. The van der Waals surface area contributed by atoms with Crippen LogP contribution in [0.5, 0.6) is 0 Å². The smallest absolute Gasteiger partial charge is 0.248 e. The molecule has 0 aromatic carbocycles. The molecule has 3 aliphatic rings. The Morgan fingerprint density at radius 1 is 1.30 bits per heavy atom. The summed E-state index contributed by atoms with van der Waals surface area (Å²) in [7, 11) is 1.64. The molecule has 0 unspecified atom stereocenters. The van der Waals surface area contributed by atoms with Crippen molar-refractivity contribution in [2.24, 2.45) is 11.8 Å². The molecule has 7 heteroatoms. The number of nitrogens with zero attached hydrogens (tertiary/aromatic N) is 2. The predicted molar refractivity (Wildman–Crippen MR) is 110 cm³/mol. The SMILES string of the molecule is COCCN1CCCC[C@]2(C[C@H](CO)[C@H](c3ccco3)N2C(=O)C2CCCC2)C1=O. The van der Waals surface area contributed by atoms with Gasteiger partial charge in [-0.3, -0.25) is 9.59 Å². The van der Waals surface area contributed by atoms with E-state index < -0.39 is 11.6 Å². The molecule has 1 N–H and O–H groups in total. The van der Waals surface area contributed by atoms with Crippen molar-refractivity contribution in [2.75, 3.05) is 33.4 Å². The van der Waals surface area contributed by atoms with Crippen molar-refractivity contribution in [3.8, 4) is 0 Å². The molecule has 2 aliphatic heterocycles. The van der Waals surface area contributed by atoms with Crippen molar-refractivity contribution in [3.63, 3.8) is 0 Å². The molecule has 1 aromatic rings. The summed E-state index contributed by atoms with van der Waals surface area (Å²) in [4.78, 5) is 31.5. The molecule has 1 aromatic heterocycles. The topological polar surface area (TPSA) is 83.2 Å². The minimum Gasteiger partial charge on any atom is -0.467 e. The van der Waals surface area contributed by atoms with E-state index in [9.17, 15) is 14.7 Å². The Hall–Kier alpha value is -1.86. The van der Waals surface area contributed by atoms with Gasteiger partial charge in [0, 0.05) is 38.6 Å². The zero-order valence-electron chi connectivity index (χ0n) is 17.9. The maximum atomic E-state index is 13.9. The second kappa shape index (κ2) is 9.10. The van der Waals surface area contributed by atoms with Crippen LogP contribution in [0.2, 0.25) is 0 Å². The van der Waals surface area contributed by atoms with Gasteiger partial charge in [-0.1, -0.05) is 12.8 Å². The number of aliphatic hydroxyl groups excluding tert-OH is 1. The second-order valence-electron chi connectivity index (χ2n) is 9.07. The molecule has 0 radical (unpaired) electrons. The summed E-state index contributed by atoms with van der Waals surface area (Å²) in [6.45, 7) is 1.61. The third-order valence-electron chi connectivity index (χ3n) is 7.32. The Balaban J connectivity index is 1.76. The van der Waals surface area contributed by atoms with Crippen molar-refractivity contribution >= 4 is 11.8 Å². The number of amides is 2. The van der Waals surface area contributed by atoms with Crippen LogP contribution in [-0.4, -0.2) is 65.7 Å². The van der Waals surface area contributed by atoms with Gasteiger partial charge in [0.1, 0.15) is 11.3 Å². The van der Waals surface area contributed by atoms with Gasteiger partial charge in [0.25, 0.3) is 0 Å². The maximum Gasteiger partial charge on any atom is 0.248 e. The molecule has 7 nitrogen and oxygen atoms in total. The largest absolute Gasteiger partial charge is 0.467 e. The summed E-state index contributed by atoms with van der Waals surface area (Å²) in [5.74, 6) is 0.480. The molecule has 2 amide bonds. The van der Waals surface area contributed by atoms with Gasteiger partial charge in [0.05, 0.1) is 18.9 Å². The van der Waals surface area contributed by atoms with Crippen LogP contribution < -0.4 is 0 Å². The number of likely N-dealkylation sites (tertiary alicyclic amines) is 2. The van der Waals surface area contributed by atoms with Gasteiger partial charge in [-0.15, -0.1) is 0 Å². The van der Waals surface area contributed by atoms with Crippen molar-refractivity contribution in [1.82, 2.24) is 9.80 Å². The van der Waals surface area contributed by atoms with Crippen LogP contribution in [0.25, 0.3) is 0 Å². The van der Waals surface area contributed by atoms with Crippen LogP contribution in [0.4, 0.5) is 0 Å². The number of carbonyl (C=O) groups excluding carboxylic acids is 2. The van der Waals surface area contributed by atoms with Crippen molar-refractivity contribution in [2.45, 2.75) is 62.9 Å². The van der Waals surface area contributed by atoms with Crippen LogP contribution in [0, 0.1) is 11.8 Å². The normalized spacial score (nSPS) is 30.4. The summed E-state index contributed by atoms with van der Waals surface area (Å²) < 4.78 is 11.0. The number of rotatable bonds is 6. The Labute approximate surface area is 178 Å². The number of furan rings is 1. The molecule has 2 saturated heterocycles. The van der Waals surface area contributed by atoms with Gasteiger partial charge in [-0.05, 0) is 50.7 Å². The Bertz CT molecular complexity index is 730. The van der Waals surface area contributed by atoms with E-state index in [0.29, 0.717) is 38.3 Å². The highest BCUT2D eigenvalue weighted by molar-refractivity contribution is 5.93.